The van der Waals surface area contributed by atoms with Gasteiger partial charge in [0.2, 0.25) is 5.91 Å². The molecule has 0 aromatic heterocycles. The number of amides is 1. The second kappa shape index (κ2) is 8.61. The van der Waals surface area contributed by atoms with E-state index in [0.29, 0.717) is 21.9 Å². The molecular weight excluding hydrogens is 421 g/mol. The maximum Gasteiger partial charge on any atom is 0.534 e. The topological polar surface area (TPSA) is 84.8 Å². The van der Waals surface area contributed by atoms with Crippen molar-refractivity contribution < 1.29 is 30.6 Å². The summed E-state index contributed by atoms with van der Waals surface area (Å²) < 4.78 is 63.4. The van der Waals surface area contributed by atoms with Crippen molar-refractivity contribution in [2.24, 2.45) is 5.10 Å². The van der Waals surface area contributed by atoms with Crippen LogP contribution >= 0.6 is 11.6 Å². The number of nitrogens with zero attached hydrogens (tertiary/aromatic N) is 1. The van der Waals surface area contributed by atoms with Crippen molar-refractivity contribution in [3.63, 3.8) is 0 Å². The van der Waals surface area contributed by atoms with Crippen LogP contribution in [0.15, 0.2) is 53.6 Å². The molecule has 0 saturated carbocycles. The van der Waals surface area contributed by atoms with Crippen molar-refractivity contribution in [1.82, 2.24) is 5.43 Å². The molecule has 0 aliphatic carbocycles. The zero-order chi connectivity index (χ0) is 20.9. The number of benzene rings is 2. The summed E-state index contributed by atoms with van der Waals surface area (Å²) in [4.78, 5) is 11.5. The van der Waals surface area contributed by atoms with Gasteiger partial charge in [0.05, 0.1) is 5.71 Å². The highest BCUT2D eigenvalue weighted by Crippen LogP contribution is 2.27. The highest BCUT2D eigenvalue weighted by Gasteiger charge is 2.48. The Labute approximate surface area is 164 Å². The summed E-state index contributed by atoms with van der Waals surface area (Å²) in [6.45, 7) is 1.64. The van der Waals surface area contributed by atoms with Gasteiger partial charge >= 0.3 is 15.6 Å². The molecular formula is C17H14ClF3N2O4S. The van der Waals surface area contributed by atoms with E-state index in [4.69, 9.17) is 11.6 Å². The Hall–Kier alpha value is -2.59. The van der Waals surface area contributed by atoms with E-state index in [-0.39, 0.29) is 12.3 Å². The summed E-state index contributed by atoms with van der Waals surface area (Å²) in [6.07, 6.45) is 0.194. The standard InChI is InChI=1S/C17H14ClF3N2O4S/c1-2-15(24)22-23-16(11-3-7-13(18)8-4-11)12-5-9-14(10-6-12)27-28(25,26)17(19,20)21/h3-10H,2H2,1H3,(H,22,24)/b23-16+. The molecule has 2 aromatic carbocycles. The van der Waals surface area contributed by atoms with Crippen molar-refractivity contribution >= 4 is 33.3 Å². The summed E-state index contributed by atoms with van der Waals surface area (Å²) in [5.41, 5.74) is -1.92. The van der Waals surface area contributed by atoms with Gasteiger partial charge in [-0.05, 0) is 36.4 Å². The van der Waals surface area contributed by atoms with Gasteiger partial charge < -0.3 is 4.18 Å². The van der Waals surface area contributed by atoms with E-state index in [1.807, 2.05) is 0 Å². The molecule has 0 bridgehead atoms. The number of halogens is 4. The fourth-order valence-corrected chi connectivity index (χ4v) is 2.53. The molecule has 1 amide bonds. The predicted molar refractivity (Wildman–Crippen MR) is 97.6 cm³/mol. The Bertz CT molecular complexity index is 973. The molecule has 28 heavy (non-hydrogen) atoms. The number of hydrogen-bond acceptors (Lipinski definition) is 5. The van der Waals surface area contributed by atoms with E-state index in [2.05, 4.69) is 14.7 Å². The summed E-state index contributed by atoms with van der Waals surface area (Å²) in [5.74, 6) is -0.864. The van der Waals surface area contributed by atoms with E-state index < -0.39 is 21.4 Å². The molecule has 6 nitrogen and oxygen atoms in total. The predicted octanol–water partition coefficient (Wildman–Crippen LogP) is 3.85. The average molecular weight is 435 g/mol. The lowest BCUT2D eigenvalue weighted by molar-refractivity contribution is -0.120. The van der Waals surface area contributed by atoms with Crippen LogP contribution in [0.3, 0.4) is 0 Å². The van der Waals surface area contributed by atoms with Crippen LogP contribution in [0.5, 0.6) is 5.75 Å². The molecule has 2 rings (SSSR count). The Morgan fingerprint density at radius 3 is 2.04 bits per heavy atom. The molecule has 0 spiro atoms. The Kier molecular flexibility index (Phi) is 6.68. The van der Waals surface area contributed by atoms with E-state index in [1.165, 1.54) is 12.1 Å². The Balaban J connectivity index is 2.36. The number of hydrogen-bond donors (Lipinski definition) is 1. The molecule has 0 aliphatic heterocycles. The molecule has 0 heterocycles. The monoisotopic (exact) mass is 434 g/mol. The third-order valence-corrected chi connectivity index (χ3v) is 4.58. The quantitative estimate of drug-likeness (QED) is 0.324. The number of hydrazone groups is 1. The van der Waals surface area contributed by atoms with Crippen molar-refractivity contribution in [3.05, 3.63) is 64.7 Å². The van der Waals surface area contributed by atoms with Crippen LogP contribution in [-0.2, 0) is 14.9 Å². The number of rotatable bonds is 6. The molecule has 1 N–H and O–H groups in total. The van der Waals surface area contributed by atoms with Crippen molar-refractivity contribution in [2.45, 2.75) is 18.9 Å². The van der Waals surface area contributed by atoms with Gasteiger partial charge in [0, 0.05) is 22.6 Å². The van der Waals surface area contributed by atoms with Crippen molar-refractivity contribution in [2.75, 3.05) is 0 Å². The smallest absolute Gasteiger partial charge is 0.376 e. The molecule has 0 unspecified atom stereocenters. The first-order valence-electron chi connectivity index (χ1n) is 7.77. The van der Waals surface area contributed by atoms with Gasteiger partial charge in [-0.1, -0.05) is 30.7 Å². The Morgan fingerprint density at radius 2 is 1.57 bits per heavy atom. The fraction of sp³-hybridized carbons (Fsp3) is 0.176. The number of carbonyl (C=O) groups is 1. The largest absolute Gasteiger partial charge is 0.534 e. The summed E-state index contributed by atoms with van der Waals surface area (Å²) in [6, 6.07) is 11.2. The number of alkyl halides is 3. The first-order chi connectivity index (χ1) is 13.0. The lowest BCUT2D eigenvalue weighted by Gasteiger charge is -2.11. The van der Waals surface area contributed by atoms with E-state index in [1.54, 1.807) is 31.2 Å². The van der Waals surface area contributed by atoms with E-state index in [9.17, 15) is 26.4 Å². The van der Waals surface area contributed by atoms with Crippen molar-refractivity contribution in [3.8, 4) is 5.75 Å². The Morgan fingerprint density at radius 1 is 1.07 bits per heavy atom. The molecule has 0 radical (unpaired) electrons. The van der Waals surface area contributed by atoms with Crippen LogP contribution in [0.2, 0.25) is 5.02 Å². The molecule has 2 aromatic rings. The third-order valence-electron chi connectivity index (χ3n) is 3.35. The van der Waals surface area contributed by atoms with Gasteiger partial charge in [0.1, 0.15) is 5.75 Å². The molecule has 0 atom stereocenters. The minimum Gasteiger partial charge on any atom is -0.376 e. The fourth-order valence-electron chi connectivity index (χ4n) is 1.94. The first-order valence-corrected chi connectivity index (χ1v) is 9.56. The number of nitrogens with one attached hydrogen (secondary N) is 1. The molecule has 11 heteroatoms. The normalized spacial score (nSPS) is 12.5. The summed E-state index contributed by atoms with van der Waals surface area (Å²) in [5, 5.41) is 4.52. The molecule has 0 saturated heterocycles. The summed E-state index contributed by atoms with van der Waals surface area (Å²) in [7, 11) is -5.77. The number of carbonyl (C=O) groups excluding carboxylic acids is 1. The maximum absolute atomic E-state index is 12.4. The average Bonchev–Trinajstić information content (AvgIpc) is 2.63. The summed E-state index contributed by atoms with van der Waals surface area (Å²) >= 11 is 5.86. The van der Waals surface area contributed by atoms with Crippen LogP contribution in [0, 0.1) is 0 Å². The second-order valence-electron chi connectivity index (χ2n) is 5.36. The minimum atomic E-state index is -5.77. The second-order valence-corrected chi connectivity index (χ2v) is 7.34. The van der Waals surface area contributed by atoms with Gasteiger partial charge in [-0.25, -0.2) is 5.43 Å². The minimum absolute atomic E-state index is 0.194. The zero-order valence-corrected chi connectivity index (χ0v) is 15.9. The van der Waals surface area contributed by atoms with Crippen LogP contribution in [0.25, 0.3) is 0 Å². The van der Waals surface area contributed by atoms with Gasteiger partial charge in [0.25, 0.3) is 0 Å². The van der Waals surface area contributed by atoms with E-state index >= 15 is 0 Å². The molecule has 150 valence electrons. The van der Waals surface area contributed by atoms with E-state index in [0.717, 1.165) is 12.1 Å². The SMILES string of the molecule is CCC(=O)N/N=C(\c1ccc(Cl)cc1)c1ccc(OS(=O)(=O)C(F)(F)F)cc1. The first kappa shape index (κ1) is 21.7. The van der Waals surface area contributed by atoms with Crippen LogP contribution in [0.4, 0.5) is 13.2 Å². The highest BCUT2D eigenvalue weighted by atomic mass is 35.5. The van der Waals surface area contributed by atoms with Gasteiger partial charge in [-0.2, -0.15) is 26.7 Å². The van der Waals surface area contributed by atoms with Gasteiger partial charge in [-0.3, -0.25) is 4.79 Å². The van der Waals surface area contributed by atoms with Gasteiger partial charge in [0.15, 0.2) is 0 Å². The highest BCUT2D eigenvalue weighted by molar-refractivity contribution is 7.88. The van der Waals surface area contributed by atoms with Crippen LogP contribution in [-0.4, -0.2) is 25.5 Å². The molecule has 0 aliphatic rings. The zero-order valence-electron chi connectivity index (χ0n) is 14.3. The third kappa shape index (κ3) is 5.46. The molecule has 0 fully saturated rings. The van der Waals surface area contributed by atoms with Gasteiger partial charge in [-0.15, -0.1) is 0 Å². The van der Waals surface area contributed by atoms with Crippen molar-refractivity contribution in [1.29, 1.82) is 0 Å². The maximum atomic E-state index is 12.4. The lowest BCUT2D eigenvalue weighted by atomic mass is 10.0. The van der Waals surface area contributed by atoms with Crippen LogP contribution < -0.4 is 9.61 Å². The lowest BCUT2D eigenvalue weighted by Crippen LogP contribution is -2.28. The van der Waals surface area contributed by atoms with Crippen LogP contribution in [0.1, 0.15) is 24.5 Å².